The van der Waals surface area contributed by atoms with Crippen LogP contribution in [-0.4, -0.2) is 6.04 Å². The van der Waals surface area contributed by atoms with E-state index in [9.17, 15) is 0 Å². The molecular formula is C17H21N. The van der Waals surface area contributed by atoms with E-state index in [2.05, 4.69) is 80.7 Å². The zero-order valence-electron chi connectivity index (χ0n) is 11.4. The van der Waals surface area contributed by atoms with E-state index in [4.69, 9.17) is 0 Å². The van der Waals surface area contributed by atoms with Gasteiger partial charge in [0.25, 0.3) is 0 Å². The molecule has 0 amide bonds. The Balaban J connectivity index is 2.37. The zero-order valence-corrected chi connectivity index (χ0v) is 11.4. The maximum absolute atomic E-state index is 3.64. The molecule has 0 fully saturated rings. The van der Waals surface area contributed by atoms with E-state index >= 15 is 0 Å². The minimum atomic E-state index is 0.270. The molecule has 1 heteroatoms. The summed E-state index contributed by atoms with van der Waals surface area (Å²) in [6.07, 6.45) is 0. The third-order valence-electron chi connectivity index (χ3n) is 3.01. The van der Waals surface area contributed by atoms with Crippen molar-refractivity contribution in [3.8, 4) is 0 Å². The van der Waals surface area contributed by atoms with Crippen LogP contribution in [0, 0.1) is 6.92 Å². The third-order valence-corrected chi connectivity index (χ3v) is 3.01. The van der Waals surface area contributed by atoms with Crippen LogP contribution in [0.15, 0.2) is 54.6 Å². The molecule has 0 saturated carbocycles. The molecule has 18 heavy (non-hydrogen) atoms. The molecule has 1 atom stereocenters. The summed E-state index contributed by atoms with van der Waals surface area (Å²) in [6.45, 7) is 6.51. The average Bonchev–Trinajstić information content (AvgIpc) is 2.37. The summed E-state index contributed by atoms with van der Waals surface area (Å²) >= 11 is 0. The van der Waals surface area contributed by atoms with Crippen molar-refractivity contribution in [2.45, 2.75) is 32.9 Å². The second-order valence-corrected chi connectivity index (χ2v) is 5.08. The van der Waals surface area contributed by atoms with Crippen LogP contribution < -0.4 is 5.32 Å². The fourth-order valence-corrected chi connectivity index (χ4v) is 2.21. The van der Waals surface area contributed by atoms with Gasteiger partial charge in [0.2, 0.25) is 0 Å². The smallest absolute Gasteiger partial charge is 0.0578 e. The molecule has 1 N–H and O–H groups in total. The summed E-state index contributed by atoms with van der Waals surface area (Å²) in [7, 11) is 0. The van der Waals surface area contributed by atoms with Gasteiger partial charge >= 0.3 is 0 Å². The Hall–Kier alpha value is -1.60. The van der Waals surface area contributed by atoms with E-state index < -0.39 is 0 Å². The predicted octanol–water partition coefficient (Wildman–Crippen LogP) is 4.08. The topological polar surface area (TPSA) is 12.0 Å². The Kier molecular flexibility index (Phi) is 4.16. The largest absolute Gasteiger partial charge is 0.304 e. The van der Waals surface area contributed by atoms with E-state index in [1.807, 2.05) is 0 Å². The summed E-state index contributed by atoms with van der Waals surface area (Å²) in [5.74, 6) is 0. The molecule has 0 aromatic heterocycles. The van der Waals surface area contributed by atoms with Crippen molar-refractivity contribution in [2.75, 3.05) is 0 Å². The highest BCUT2D eigenvalue weighted by atomic mass is 14.9. The van der Waals surface area contributed by atoms with E-state index in [0.29, 0.717) is 6.04 Å². The van der Waals surface area contributed by atoms with Crippen molar-refractivity contribution in [2.24, 2.45) is 0 Å². The van der Waals surface area contributed by atoms with Gasteiger partial charge in [0, 0.05) is 6.04 Å². The first-order valence-electron chi connectivity index (χ1n) is 6.54. The highest BCUT2D eigenvalue weighted by Crippen LogP contribution is 2.23. The maximum Gasteiger partial charge on any atom is 0.0578 e. The van der Waals surface area contributed by atoms with Gasteiger partial charge in [0.05, 0.1) is 6.04 Å². The normalized spacial score (nSPS) is 12.7. The van der Waals surface area contributed by atoms with Crippen LogP contribution in [0.25, 0.3) is 0 Å². The van der Waals surface area contributed by atoms with Gasteiger partial charge in [0.1, 0.15) is 0 Å². The van der Waals surface area contributed by atoms with Gasteiger partial charge in [-0.15, -0.1) is 0 Å². The Morgan fingerprint density at radius 3 is 2.11 bits per heavy atom. The Morgan fingerprint density at radius 2 is 1.50 bits per heavy atom. The lowest BCUT2D eigenvalue weighted by molar-refractivity contribution is 0.528. The van der Waals surface area contributed by atoms with Gasteiger partial charge in [-0.05, 0) is 31.9 Å². The molecule has 0 aliphatic heterocycles. The first kappa shape index (κ1) is 12.8. The van der Waals surface area contributed by atoms with Crippen LogP contribution in [0.1, 0.15) is 36.6 Å². The predicted molar refractivity (Wildman–Crippen MR) is 77.7 cm³/mol. The van der Waals surface area contributed by atoms with Crippen molar-refractivity contribution in [3.63, 3.8) is 0 Å². The quantitative estimate of drug-likeness (QED) is 0.847. The first-order valence-corrected chi connectivity index (χ1v) is 6.54. The highest BCUT2D eigenvalue weighted by Gasteiger charge is 2.14. The molecule has 0 aliphatic rings. The summed E-state index contributed by atoms with van der Waals surface area (Å²) < 4.78 is 0. The van der Waals surface area contributed by atoms with Gasteiger partial charge in [-0.25, -0.2) is 0 Å². The molecule has 2 rings (SSSR count). The minimum Gasteiger partial charge on any atom is -0.304 e. The highest BCUT2D eigenvalue weighted by molar-refractivity contribution is 5.34. The number of nitrogens with one attached hydrogen (secondary N) is 1. The molecule has 2 aromatic carbocycles. The summed E-state index contributed by atoms with van der Waals surface area (Å²) in [5.41, 5.74) is 3.95. The second kappa shape index (κ2) is 5.83. The molecular weight excluding hydrogens is 218 g/mol. The maximum atomic E-state index is 3.64. The molecule has 0 saturated heterocycles. The first-order chi connectivity index (χ1) is 8.66. The average molecular weight is 239 g/mol. The van der Waals surface area contributed by atoms with Crippen LogP contribution in [0.5, 0.6) is 0 Å². The van der Waals surface area contributed by atoms with Gasteiger partial charge < -0.3 is 5.32 Å². The molecule has 0 radical (unpaired) electrons. The fraction of sp³-hybridized carbons (Fsp3) is 0.294. The molecule has 1 nitrogen and oxygen atoms in total. The van der Waals surface area contributed by atoms with Crippen molar-refractivity contribution < 1.29 is 0 Å². The standard InChI is InChI=1S/C17H21N/c1-13(2)18-17(15-9-5-4-6-10-15)16-11-7-8-14(3)12-16/h4-13,17-18H,1-3H3. The van der Waals surface area contributed by atoms with Crippen molar-refractivity contribution in [1.82, 2.24) is 5.32 Å². The van der Waals surface area contributed by atoms with E-state index in [0.717, 1.165) is 0 Å². The lowest BCUT2D eigenvalue weighted by Crippen LogP contribution is -2.28. The Bertz CT molecular complexity index is 488. The molecule has 0 heterocycles. The minimum absolute atomic E-state index is 0.270. The van der Waals surface area contributed by atoms with Crippen molar-refractivity contribution in [1.29, 1.82) is 0 Å². The Morgan fingerprint density at radius 1 is 0.833 bits per heavy atom. The Labute approximate surface area is 110 Å². The van der Waals surface area contributed by atoms with Crippen LogP contribution in [0.2, 0.25) is 0 Å². The number of hydrogen-bond donors (Lipinski definition) is 1. The van der Waals surface area contributed by atoms with Gasteiger partial charge in [0.15, 0.2) is 0 Å². The van der Waals surface area contributed by atoms with Crippen LogP contribution in [0.3, 0.4) is 0 Å². The van der Waals surface area contributed by atoms with E-state index in [1.54, 1.807) is 0 Å². The van der Waals surface area contributed by atoms with Crippen molar-refractivity contribution >= 4 is 0 Å². The fourth-order valence-electron chi connectivity index (χ4n) is 2.21. The molecule has 1 unspecified atom stereocenters. The summed E-state index contributed by atoms with van der Waals surface area (Å²) in [4.78, 5) is 0. The SMILES string of the molecule is Cc1cccc(C(NC(C)C)c2ccccc2)c1. The second-order valence-electron chi connectivity index (χ2n) is 5.08. The number of benzene rings is 2. The lowest BCUT2D eigenvalue weighted by atomic mass is 9.97. The summed E-state index contributed by atoms with van der Waals surface area (Å²) in [6, 6.07) is 20.1. The molecule has 0 aliphatic carbocycles. The van der Waals surface area contributed by atoms with Crippen LogP contribution in [0.4, 0.5) is 0 Å². The molecule has 94 valence electrons. The third kappa shape index (κ3) is 3.21. The lowest BCUT2D eigenvalue weighted by Gasteiger charge is -2.22. The van der Waals surface area contributed by atoms with E-state index in [-0.39, 0.29) is 6.04 Å². The van der Waals surface area contributed by atoms with Gasteiger partial charge in [-0.2, -0.15) is 0 Å². The number of aryl methyl sites for hydroxylation is 1. The molecule has 2 aromatic rings. The molecule has 0 spiro atoms. The van der Waals surface area contributed by atoms with Crippen LogP contribution in [-0.2, 0) is 0 Å². The van der Waals surface area contributed by atoms with Gasteiger partial charge in [-0.1, -0.05) is 60.2 Å². The zero-order chi connectivity index (χ0) is 13.0. The summed E-state index contributed by atoms with van der Waals surface area (Å²) in [5, 5.41) is 3.64. The van der Waals surface area contributed by atoms with E-state index in [1.165, 1.54) is 16.7 Å². The van der Waals surface area contributed by atoms with Crippen molar-refractivity contribution in [3.05, 3.63) is 71.3 Å². The number of hydrogen-bond acceptors (Lipinski definition) is 1. The van der Waals surface area contributed by atoms with Crippen LogP contribution >= 0.6 is 0 Å². The van der Waals surface area contributed by atoms with Gasteiger partial charge in [-0.3, -0.25) is 0 Å². The monoisotopic (exact) mass is 239 g/mol. The number of rotatable bonds is 4. The molecule has 0 bridgehead atoms.